The number of rotatable bonds is 3. The van der Waals surface area contributed by atoms with E-state index < -0.39 is 0 Å². The first-order chi connectivity index (χ1) is 6.02. The highest BCUT2D eigenvalue weighted by molar-refractivity contribution is 5.46. The molecule has 0 aliphatic heterocycles. The molecule has 3 heteroatoms. The second-order valence-corrected chi connectivity index (χ2v) is 4.06. The lowest BCUT2D eigenvalue weighted by atomic mass is 10.1. The molecule has 0 amide bonds. The lowest BCUT2D eigenvalue weighted by molar-refractivity contribution is 0.804. The average Bonchev–Trinajstić information content (AvgIpc) is 2.32. The molecule has 1 rings (SSSR count). The molecule has 13 heavy (non-hydrogen) atoms. The predicted octanol–water partition coefficient (Wildman–Crippen LogP) is 2.66. The van der Waals surface area contributed by atoms with Crippen LogP contribution in [0.1, 0.15) is 44.9 Å². The summed E-state index contributed by atoms with van der Waals surface area (Å²) in [5.41, 5.74) is 2.46. The summed E-state index contributed by atoms with van der Waals surface area (Å²) < 4.78 is 0. The zero-order valence-electron chi connectivity index (χ0n) is 9.10. The van der Waals surface area contributed by atoms with E-state index in [0.717, 1.165) is 5.82 Å². The van der Waals surface area contributed by atoms with Crippen molar-refractivity contribution in [2.24, 2.45) is 0 Å². The Labute approximate surface area is 79.9 Å². The first kappa shape index (κ1) is 10.1. The van der Waals surface area contributed by atoms with Gasteiger partial charge in [0, 0.05) is 17.3 Å². The van der Waals surface area contributed by atoms with Gasteiger partial charge in [0.15, 0.2) is 5.82 Å². The van der Waals surface area contributed by atoms with Gasteiger partial charge in [-0.1, -0.05) is 13.8 Å². The number of anilines is 1. The Kier molecular flexibility index (Phi) is 2.96. The maximum Gasteiger partial charge on any atom is 0.151 e. The van der Waals surface area contributed by atoms with E-state index >= 15 is 0 Å². The van der Waals surface area contributed by atoms with Crippen molar-refractivity contribution in [3.63, 3.8) is 0 Å². The van der Waals surface area contributed by atoms with E-state index in [1.807, 2.05) is 0 Å². The second-order valence-electron chi connectivity index (χ2n) is 4.06. The van der Waals surface area contributed by atoms with Gasteiger partial charge in [0.2, 0.25) is 0 Å². The largest absolute Gasteiger partial charge is 0.366 e. The third-order valence-electron chi connectivity index (χ3n) is 2.05. The van der Waals surface area contributed by atoms with E-state index in [0.29, 0.717) is 12.0 Å². The Bertz CT molecular complexity index is 274. The number of nitrogens with one attached hydrogen (secondary N) is 2. The third-order valence-corrected chi connectivity index (χ3v) is 2.05. The fourth-order valence-corrected chi connectivity index (χ4v) is 1.39. The van der Waals surface area contributed by atoms with Gasteiger partial charge >= 0.3 is 0 Å². The average molecular weight is 181 g/mol. The fraction of sp³-hybridized carbons (Fsp3) is 0.700. The van der Waals surface area contributed by atoms with Crippen molar-refractivity contribution in [3.8, 4) is 0 Å². The third kappa shape index (κ3) is 2.23. The van der Waals surface area contributed by atoms with Crippen LogP contribution in [0.4, 0.5) is 5.82 Å². The molecule has 0 bridgehead atoms. The van der Waals surface area contributed by atoms with E-state index in [1.165, 1.54) is 11.3 Å². The summed E-state index contributed by atoms with van der Waals surface area (Å²) >= 11 is 0. The minimum Gasteiger partial charge on any atom is -0.366 e. The van der Waals surface area contributed by atoms with Gasteiger partial charge in [-0.3, -0.25) is 5.10 Å². The van der Waals surface area contributed by atoms with E-state index in [1.54, 1.807) is 0 Å². The monoisotopic (exact) mass is 181 g/mol. The number of hydrogen-bond acceptors (Lipinski definition) is 2. The van der Waals surface area contributed by atoms with Crippen molar-refractivity contribution in [2.45, 2.75) is 46.6 Å². The predicted molar refractivity (Wildman–Crippen MR) is 56.2 cm³/mol. The molecule has 1 aromatic heterocycles. The summed E-state index contributed by atoms with van der Waals surface area (Å²) in [6.07, 6.45) is 0. The Balaban J connectivity index is 2.86. The van der Waals surface area contributed by atoms with Crippen LogP contribution < -0.4 is 5.32 Å². The minimum absolute atomic E-state index is 0.432. The second kappa shape index (κ2) is 3.81. The quantitative estimate of drug-likeness (QED) is 0.752. The van der Waals surface area contributed by atoms with Gasteiger partial charge in [0.05, 0.1) is 0 Å². The molecule has 0 fully saturated rings. The molecule has 74 valence electrons. The summed E-state index contributed by atoms with van der Waals surface area (Å²) in [7, 11) is 0. The van der Waals surface area contributed by atoms with Gasteiger partial charge in [-0.15, -0.1) is 0 Å². The van der Waals surface area contributed by atoms with Gasteiger partial charge in [-0.05, 0) is 26.7 Å². The van der Waals surface area contributed by atoms with Crippen LogP contribution in [-0.4, -0.2) is 16.2 Å². The molecule has 2 N–H and O–H groups in total. The molecule has 0 saturated heterocycles. The minimum atomic E-state index is 0.432. The van der Waals surface area contributed by atoms with Crippen molar-refractivity contribution >= 4 is 5.82 Å². The Hall–Kier alpha value is -0.990. The molecule has 1 heterocycles. The van der Waals surface area contributed by atoms with Crippen LogP contribution in [-0.2, 0) is 0 Å². The van der Waals surface area contributed by atoms with Crippen molar-refractivity contribution in [2.75, 3.05) is 5.32 Å². The molecular weight excluding hydrogens is 162 g/mol. The molecule has 0 radical (unpaired) electrons. The molecule has 0 aromatic carbocycles. The topological polar surface area (TPSA) is 40.7 Å². The molecular formula is C10H19N3. The molecule has 0 aliphatic carbocycles. The van der Waals surface area contributed by atoms with Crippen LogP contribution in [0.25, 0.3) is 0 Å². The van der Waals surface area contributed by atoms with Crippen molar-refractivity contribution in [3.05, 3.63) is 11.3 Å². The molecule has 3 nitrogen and oxygen atoms in total. The number of aromatic nitrogens is 2. The molecule has 0 unspecified atom stereocenters. The molecule has 0 atom stereocenters. The highest BCUT2D eigenvalue weighted by Gasteiger charge is 2.11. The maximum atomic E-state index is 4.24. The van der Waals surface area contributed by atoms with Crippen LogP contribution in [0.3, 0.4) is 0 Å². The van der Waals surface area contributed by atoms with Gasteiger partial charge in [0.25, 0.3) is 0 Å². The molecule has 1 aromatic rings. The first-order valence-electron chi connectivity index (χ1n) is 4.83. The zero-order chi connectivity index (χ0) is 10.0. The van der Waals surface area contributed by atoms with E-state index in [9.17, 15) is 0 Å². The van der Waals surface area contributed by atoms with Crippen LogP contribution in [0.2, 0.25) is 0 Å². The van der Waals surface area contributed by atoms with Crippen LogP contribution in [0, 0.1) is 6.92 Å². The summed E-state index contributed by atoms with van der Waals surface area (Å²) in [4.78, 5) is 0. The van der Waals surface area contributed by atoms with Crippen LogP contribution in [0.5, 0.6) is 0 Å². The first-order valence-corrected chi connectivity index (χ1v) is 4.83. The molecule has 0 saturated carbocycles. The van der Waals surface area contributed by atoms with Crippen LogP contribution in [0.15, 0.2) is 0 Å². The van der Waals surface area contributed by atoms with Crippen molar-refractivity contribution in [1.82, 2.24) is 10.2 Å². The highest BCUT2D eigenvalue weighted by Crippen LogP contribution is 2.22. The zero-order valence-corrected chi connectivity index (χ0v) is 9.10. The number of hydrogen-bond donors (Lipinski definition) is 2. The Morgan fingerprint density at radius 2 is 1.85 bits per heavy atom. The maximum absolute atomic E-state index is 4.24. The van der Waals surface area contributed by atoms with Crippen molar-refractivity contribution < 1.29 is 0 Å². The summed E-state index contributed by atoms with van der Waals surface area (Å²) in [5, 5.41) is 10.6. The van der Waals surface area contributed by atoms with Gasteiger partial charge in [0.1, 0.15) is 0 Å². The fourth-order valence-electron chi connectivity index (χ4n) is 1.39. The van der Waals surface area contributed by atoms with E-state index in [4.69, 9.17) is 0 Å². The number of nitrogens with zero attached hydrogens (tertiary/aromatic N) is 1. The SMILES string of the molecule is Cc1c(NC(C)C)n[nH]c1C(C)C. The lowest BCUT2D eigenvalue weighted by Gasteiger charge is -2.08. The van der Waals surface area contributed by atoms with Crippen molar-refractivity contribution in [1.29, 1.82) is 0 Å². The number of H-pyrrole nitrogens is 1. The normalized spacial score (nSPS) is 11.3. The van der Waals surface area contributed by atoms with E-state index in [-0.39, 0.29) is 0 Å². The van der Waals surface area contributed by atoms with Gasteiger partial charge < -0.3 is 5.32 Å². The Morgan fingerprint density at radius 3 is 2.23 bits per heavy atom. The lowest BCUT2D eigenvalue weighted by Crippen LogP contribution is -2.10. The highest BCUT2D eigenvalue weighted by atomic mass is 15.2. The summed E-state index contributed by atoms with van der Waals surface area (Å²) in [5.74, 6) is 1.49. The van der Waals surface area contributed by atoms with Crippen LogP contribution >= 0.6 is 0 Å². The standard InChI is InChI=1S/C10H19N3/c1-6(2)9-8(5)10(13-12-9)11-7(3)4/h6-7H,1-5H3,(H2,11,12,13). The Morgan fingerprint density at radius 1 is 1.23 bits per heavy atom. The molecule has 0 spiro atoms. The smallest absolute Gasteiger partial charge is 0.151 e. The van der Waals surface area contributed by atoms with Gasteiger partial charge in [-0.2, -0.15) is 5.10 Å². The summed E-state index contributed by atoms with van der Waals surface area (Å²) in [6, 6.07) is 0.432. The van der Waals surface area contributed by atoms with E-state index in [2.05, 4.69) is 50.1 Å². The number of aromatic amines is 1. The molecule has 0 aliphatic rings. The van der Waals surface area contributed by atoms with Gasteiger partial charge in [-0.25, -0.2) is 0 Å². The summed E-state index contributed by atoms with van der Waals surface area (Å²) in [6.45, 7) is 10.7.